The van der Waals surface area contributed by atoms with E-state index < -0.39 is 0 Å². The summed E-state index contributed by atoms with van der Waals surface area (Å²) in [5.74, 6) is -0.0942. The second-order valence-electron chi connectivity index (χ2n) is 5.74. The number of rotatable bonds is 4. The highest BCUT2D eigenvalue weighted by Gasteiger charge is 2.14. The zero-order chi connectivity index (χ0) is 14.7. The van der Waals surface area contributed by atoms with Gasteiger partial charge in [0.1, 0.15) is 0 Å². The first-order chi connectivity index (χ1) is 10.2. The summed E-state index contributed by atoms with van der Waals surface area (Å²) in [5, 5.41) is 10.9. The van der Waals surface area contributed by atoms with E-state index in [2.05, 4.69) is 21.6 Å². The zero-order valence-corrected chi connectivity index (χ0v) is 12.4. The van der Waals surface area contributed by atoms with E-state index in [9.17, 15) is 4.79 Å². The minimum atomic E-state index is -0.0942. The first kappa shape index (κ1) is 13.9. The normalized spacial score (nSPS) is 15.0. The fourth-order valence-corrected chi connectivity index (χ4v) is 2.85. The van der Waals surface area contributed by atoms with Gasteiger partial charge in [-0.25, -0.2) is 0 Å². The standard InChI is InChI=1S/C17H21N3O/c1-12-7-8-15-14(11-12)16(20-19-15)17(21)18-10-9-13-5-3-2-4-6-13/h5,7-8,11H,2-4,6,9-10H2,1H3,(H,18,21)(H,19,20). The van der Waals surface area contributed by atoms with Crippen LogP contribution in [0.15, 0.2) is 29.8 Å². The van der Waals surface area contributed by atoms with Crippen molar-refractivity contribution in [2.45, 2.75) is 39.0 Å². The Morgan fingerprint density at radius 3 is 3.10 bits per heavy atom. The molecule has 1 heterocycles. The van der Waals surface area contributed by atoms with Crippen LogP contribution < -0.4 is 5.32 Å². The topological polar surface area (TPSA) is 57.8 Å². The maximum absolute atomic E-state index is 12.3. The lowest BCUT2D eigenvalue weighted by Gasteiger charge is -2.12. The lowest BCUT2D eigenvalue weighted by molar-refractivity contribution is 0.0950. The largest absolute Gasteiger partial charge is 0.350 e. The number of nitrogens with zero attached hydrogens (tertiary/aromatic N) is 1. The number of hydrogen-bond acceptors (Lipinski definition) is 2. The van der Waals surface area contributed by atoms with Crippen LogP contribution in [0.2, 0.25) is 0 Å². The number of hydrogen-bond donors (Lipinski definition) is 2. The maximum atomic E-state index is 12.3. The highest BCUT2D eigenvalue weighted by atomic mass is 16.1. The van der Waals surface area contributed by atoms with Gasteiger partial charge in [-0.2, -0.15) is 5.10 Å². The van der Waals surface area contributed by atoms with Gasteiger partial charge in [-0.1, -0.05) is 23.3 Å². The molecule has 1 aliphatic rings. The summed E-state index contributed by atoms with van der Waals surface area (Å²) in [7, 11) is 0. The third kappa shape index (κ3) is 3.15. The minimum absolute atomic E-state index is 0.0942. The molecule has 4 heteroatoms. The van der Waals surface area contributed by atoms with E-state index in [1.807, 2.05) is 25.1 Å². The van der Waals surface area contributed by atoms with E-state index >= 15 is 0 Å². The predicted octanol–water partition coefficient (Wildman–Crippen LogP) is 3.49. The van der Waals surface area contributed by atoms with E-state index in [1.165, 1.54) is 31.3 Å². The molecule has 0 bridgehead atoms. The van der Waals surface area contributed by atoms with E-state index in [0.29, 0.717) is 12.2 Å². The smallest absolute Gasteiger partial charge is 0.272 e. The number of allylic oxidation sites excluding steroid dienone is 1. The summed E-state index contributed by atoms with van der Waals surface area (Å²) in [6.07, 6.45) is 8.22. The molecule has 1 aromatic heterocycles. The van der Waals surface area contributed by atoms with Crippen molar-refractivity contribution in [1.82, 2.24) is 15.5 Å². The molecule has 0 aliphatic heterocycles. The maximum Gasteiger partial charge on any atom is 0.272 e. The SMILES string of the molecule is Cc1ccc2[nH]nc(C(=O)NCCC3=CCCCC3)c2c1. The highest BCUT2D eigenvalue weighted by Crippen LogP contribution is 2.20. The molecule has 4 nitrogen and oxygen atoms in total. The average molecular weight is 283 g/mol. The molecule has 0 atom stereocenters. The molecule has 0 spiro atoms. The van der Waals surface area contributed by atoms with Gasteiger partial charge in [0.15, 0.2) is 5.69 Å². The third-order valence-corrected chi connectivity index (χ3v) is 4.05. The molecular formula is C17H21N3O. The molecular weight excluding hydrogens is 262 g/mol. The molecule has 0 fully saturated rings. The highest BCUT2D eigenvalue weighted by molar-refractivity contribution is 6.04. The Morgan fingerprint density at radius 1 is 1.38 bits per heavy atom. The van der Waals surface area contributed by atoms with Crippen molar-refractivity contribution in [2.75, 3.05) is 6.54 Å². The van der Waals surface area contributed by atoms with Crippen molar-refractivity contribution in [2.24, 2.45) is 0 Å². The Balaban J connectivity index is 1.64. The Labute approximate surface area is 124 Å². The summed E-state index contributed by atoms with van der Waals surface area (Å²) in [5.41, 5.74) is 4.00. The van der Waals surface area contributed by atoms with Gasteiger partial charge < -0.3 is 5.32 Å². The van der Waals surface area contributed by atoms with Crippen LogP contribution in [0.3, 0.4) is 0 Å². The van der Waals surface area contributed by atoms with Gasteiger partial charge in [-0.05, 0) is 51.2 Å². The molecule has 110 valence electrons. The fourth-order valence-electron chi connectivity index (χ4n) is 2.85. The second-order valence-corrected chi connectivity index (χ2v) is 5.74. The summed E-state index contributed by atoms with van der Waals surface area (Å²) in [6, 6.07) is 5.97. The number of carbonyl (C=O) groups excluding carboxylic acids is 1. The Kier molecular flexibility index (Phi) is 4.04. The van der Waals surface area contributed by atoms with Crippen molar-refractivity contribution in [1.29, 1.82) is 0 Å². The van der Waals surface area contributed by atoms with Crippen LogP contribution in [0.25, 0.3) is 10.9 Å². The van der Waals surface area contributed by atoms with Gasteiger partial charge in [0, 0.05) is 11.9 Å². The Hall–Kier alpha value is -2.10. The summed E-state index contributed by atoms with van der Waals surface area (Å²) in [4.78, 5) is 12.3. The summed E-state index contributed by atoms with van der Waals surface area (Å²) in [6.45, 7) is 2.70. The van der Waals surface area contributed by atoms with Crippen LogP contribution in [0, 0.1) is 6.92 Å². The molecule has 0 saturated carbocycles. The van der Waals surface area contributed by atoms with Gasteiger partial charge in [-0.3, -0.25) is 9.89 Å². The first-order valence-corrected chi connectivity index (χ1v) is 7.65. The second kappa shape index (κ2) is 6.12. The van der Waals surface area contributed by atoms with Crippen LogP contribution in [0.5, 0.6) is 0 Å². The van der Waals surface area contributed by atoms with Gasteiger partial charge in [0.25, 0.3) is 5.91 Å². The van der Waals surface area contributed by atoms with Crippen LogP contribution >= 0.6 is 0 Å². The first-order valence-electron chi connectivity index (χ1n) is 7.65. The monoisotopic (exact) mass is 283 g/mol. The van der Waals surface area contributed by atoms with Crippen molar-refractivity contribution >= 4 is 16.8 Å². The number of benzene rings is 1. The van der Waals surface area contributed by atoms with Crippen molar-refractivity contribution < 1.29 is 4.79 Å². The van der Waals surface area contributed by atoms with Gasteiger partial charge in [0.2, 0.25) is 0 Å². The van der Waals surface area contributed by atoms with E-state index in [-0.39, 0.29) is 5.91 Å². The molecule has 3 rings (SSSR count). The number of nitrogens with one attached hydrogen (secondary N) is 2. The van der Waals surface area contributed by atoms with Crippen LogP contribution in [-0.4, -0.2) is 22.6 Å². The molecule has 0 unspecified atom stereocenters. The number of aromatic amines is 1. The van der Waals surface area contributed by atoms with Crippen molar-refractivity contribution in [3.05, 3.63) is 41.1 Å². The molecule has 1 amide bonds. The van der Waals surface area contributed by atoms with Crippen LogP contribution in [0.4, 0.5) is 0 Å². The molecule has 0 saturated heterocycles. The lowest BCUT2D eigenvalue weighted by atomic mass is 9.97. The van der Waals surface area contributed by atoms with Gasteiger partial charge in [0.05, 0.1) is 5.52 Å². The fraction of sp³-hybridized carbons (Fsp3) is 0.412. The Morgan fingerprint density at radius 2 is 2.29 bits per heavy atom. The number of aryl methyl sites for hydroxylation is 1. The molecule has 0 radical (unpaired) electrons. The summed E-state index contributed by atoms with van der Waals surface area (Å²) < 4.78 is 0. The molecule has 2 aromatic rings. The lowest BCUT2D eigenvalue weighted by Crippen LogP contribution is -2.25. The van der Waals surface area contributed by atoms with Crippen molar-refractivity contribution in [3.8, 4) is 0 Å². The predicted molar refractivity (Wildman–Crippen MR) is 84.3 cm³/mol. The number of amides is 1. The zero-order valence-electron chi connectivity index (χ0n) is 12.4. The molecule has 21 heavy (non-hydrogen) atoms. The molecule has 2 N–H and O–H groups in total. The Bertz CT molecular complexity index is 684. The molecule has 1 aromatic carbocycles. The average Bonchev–Trinajstić information content (AvgIpc) is 2.91. The van der Waals surface area contributed by atoms with Crippen molar-refractivity contribution in [3.63, 3.8) is 0 Å². The number of aromatic nitrogens is 2. The van der Waals surface area contributed by atoms with E-state index in [4.69, 9.17) is 0 Å². The van der Waals surface area contributed by atoms with Gasteiger partial charge >= 0.3 is 0 Å². The van der Waals surface area contributed by atoms with E-state index in [0.717, 1.165) is 22.9 Å². The van der Waals surface area contributed by atoms with Crippen LogP contribution in [-0.2, 0) is 0 Å². The van der Waals surface area contributed by atoms with E-state index in [1.54, 1.807) is 0 Å². The number of H-pyrrole nitrogens is 1. The molecule has 1 aliphatic carbocycles. The minimum Gasteiger partial charge on any atom is -0.350 e. The number of fused-ring (bicyclic) bond motifs is 1. The number of carbonyl (C=O) groups is 1. The van der Waals surface area contributed by atoms with Crippen LogP contribution in [0.1, 0.15) is 48.2 Å². The third-order valence-electron chi connectivity index (χ3n) is 4.05. The quantitative estimate of drug-likeness (QED) is 0.844. The summed E-state index contributed by atoms with van der Waals surface area (Å²) >= 11 is 0. The van der Waals surface area contributed by atoms with Gasteiger partial charge in [-0.15, -0.1) is 0 Å².